The summed E-state index contributed by atoms with van der Waals surface area (Å²) in [5.74, 6) is -1.22. The zero-order chi connectivity index (χ0) is 14.5. The molecule has 0 saturated heterocycles. The highest BCUT2D eigenvalue weighted by atomic mass is 32.2. The van der Waals surface area contributed by atoms with E-state index in [-0.39, 0.29) is 4.91 Å². The van der Waals surface area contributed by atoms with Gasteiger partial charge in [0.15, 0.2) is 15.6 Å². The number of sulfone groups is 1. The Hall–Kier alpha value is -1.82. The highest BCUT2D eigenvalue weighted by Crippen LogP contribution is 2.42. The Morgan fingerprint density at radius 2 is 2.00 bits per heavy atom. The van der Waals surface area contributed by atoms with Crippen LogP contribution in [-0.2, 0) is 21.1 Å². The Morgan fingerprint density at radius 1 is 1.30 bits per heavy atom. The summed E-state index contributed by atoms with van der Waals surface area (Å²) in [4.78, 5) is 13.4. The predicted molar refractivity (Wildman–Crippen MR) is 73.7 cm³/mol. The SMILES string of the molecule is CS(=O)(=O)C1=C(O)C(=O)N2CCCc3ccccc3C12. The molecule has 2 aliphatic rings. The smallest absolute Gasteiger partial charge is 0.290 e. The number of amides is 1. The summed E-state index contributed by atoms with van der Waals surface area (Å²) in [5, 5.41) is 9.95. The third kappa shape index (κ3) is 1.83. The van der Waals surface area contributed by atoms with Crippen molar-refractivity contribution in [1.82, 2.24) is 4.90 Å². The largest absolute Gasteiger partial charge is 0.502 e. The van der Waals surface area contributed by atoms with Crippen molar-refractivity contribution in [3.63, 3.8) is 0 Å². The number of aliphatic hydroxyl groups is 1. The molecule has 1 N–H and O–H groups in total. The van der Waals surface area contributed by atoms with E-state index in [4.69, 9.17) is 0 Å². The van der Waals surface area contributed by atoms with Gasteiger partial charge in [-0.1, -0.05) is 24.3 Å². The van der Waals surface area contributed by atoms with Crippen LogP contribution >= 0.6 is 0 Å². The molecule has 0 saturated carbocycles. The lowest BCUT2D eigenvalue weighted by atomic mass is 9.99. The zero-order valence-corrected chi connectivity index (χ0v) is 11.9. The van der Waals surface area contributed by atoms with Gasteiger partial charge in [-0.3, -0.25) is 4.79 Å². The molecular formula is C14H15NO4S. The molecule has 0 spiro atoms. The van der Waals surface area contributed by atoms with E-state index in [0.29, 0.717) is 6.54 Å². The molecule has 2 aliphatic heterocycles. The van der Waals surface area contributed by atoms with Crippen LogP contribution in [-0.4, -0.2) is 37.1 Å². The summed E-state index contributed by atoms with van der Waals surface area (Å²) < 4.78 is 23.9. The van der Waals surface area contributed by atoms with Crippen molar-refractivity contribution in [3.8, 4) is 0 Å². The average Bonchev–Trinajstić information content (AvgIpc) is 2.55. The minimum absolute atomic E-state index is 0.170. The van der Waals surface area contributed by atoms with Gasteiger partial charge in [-0.05, 0) is 24.0 Å². The lowest BCUT2D eigenvalue weighted by Gasteiger charge is -2.24. The summed E-state index contributed by atoms with van der Waals surface area (Å²) in [7, 11) is -3.65. The fourth-order valence-corrected chi connectivity index (χ4v) is 4.11. The fraction of sp³-hybridized carbons (Fsp3) is 0.357. The van der Waals surface area contributed by atoms with Crippen molar-refractivity contribution in [1.29, 1.82) is 0 Å². The van der Waals surface area contributed by atoms with Crippen LogP contribution in [0.1, 0.15) is 23.6 Å². The molecule has 1 aromatic carbocycles. The number of aliphatic hydroxyl groups excluding tert-OH is 1. The normalized spacial score (nSPS) is 22.6. The number of fused-ring (bicyclic) bond motifs is 3. The second-order valence-corrected chi connectivity index (χ2v) is 7.17. The van der Waals surface area contributed by atoms with E-state index in [1.54, 1.807) is 0 Å². The van der Waals surface area contributed by atoms with Gasteiger partial charge in [-0.15, -0.1) is 0 Å². The molecule has 0 aliphatic carbocycles. The Kier molecular flexibility index (Phi) is 2.86. The van der Waals surface area contributed by atoms with Crippen molar-refractivity contribution in [2.24, 2.45) is 0 Å². The molecule has 1 unspecified atom stereocenters. The first-order chi connectivity index (χ1) is 9.41. The minimum Gasteiger partial charge on any atom is -0.502 e. The summed E-state index contributed by atoms with van der Waals surface area (Å²) in [6.45, 7) is 0.446. The summed E-state index contributed by atoms with van der Waals surface area (Å²) in [6, 6.07) is 6.81. The van der Waals surface area contributed by atoms with Crippen LogP contribution < -0.4 is 0 Å². The Morgan fingerprint density at radius 3 is 2.70 bits per heavy atom. The molecule has 6 heteroatoms. The quantitative estimate of drug-likeness (QED) is 0.847. The van der Waals surface area contributed by atoms with E-state index < -0.39 is 27.5 Å². The topological polar surface area (TPSA) is 74.7 Å². The van der Waals surface area contributed by atoms with Crippen molar-refractivity contribution in [2.75, 3.05) is 12.8 Å². The maximum atomic E-state index is 12.1. The summed E-state index contributed by atoms with van der Waals surface area (Å²) in [6.07, 6.45) is 2.58. The van der Waals surface area contributed by atoms with Crippen LogP contribution in [0.2, 0.25) is 0 Å². The van der Waals surface area contributed by atoms with Crippen molar-refractivity contribution in [2.45, 2.75) is 18.9 Å². The highest BCUT2D eigenvalue weighted by Gasteiger charge is 2.45. The average molecular weight is 293 g/mol. The number of rotatable bonds is 1. The molecule has 1 amide bonds. The van der Waals surface area contributed by atoms with E-state index in [0.717, 1.165) is 30.2 Å². The first-order valence-corrected chi connectivity index (χ1v) is 8.32. The Labute approximate surface area is 117 Å². The molecule has 0 radical (unpaired) electrons. The van der Waals surface area contributed by atoms with E-state index in [9.17, 15) is 18.3 Å². The second-order valence-electron chi connectivity index (χ2n) is 5.19. The van der Waals surface area contributed by atoms with Gasteiger partial charge in [0.25, 0.3) is 5.91 Å². The second kappa shape index (κ2) is 4.34. The standard InChI is InChI=1S/C14H15NO4S/c1-20(18,19)13-11-10-7-3-2-5-9(10)6-4-8-15(11)14(17)12(13)16/h2-3,5,7,11,16H,4,6,8H2,1H3. The van der Waals surface area contributed by atoms with Gasteiger partial charge in [0.2, 0.25) is 0 Å². The van der Waals surface area contributed by atoms with Gasteiger partial charge < -0.3 is 10.0 Å². The maximum absolute atomic E-state index is 12.1. The summed E-state index contributed by atoms with van der Waals surface area (Å²) >= 11 is 0. The highest BCUT2D eigenvalue weighted by molar-refractivity contribution is 7.94. The zero-order valence-electron chi connectivity index (χ0n) is 11.0. The fourth-order valence-electron chi connectivity index (χ4n) is 3.02. The molecule has 0 fully saturated rings. The Bertz CT molecular complexity index is 720. The molecule has 3 rings (SSSR count). The number of benzene rings is 1. The summed E-state index contributed by atoms with van der Waals surface area (Å²) in [5.41, 5.74) is 1.83. The lowest BCUT2D eigenvalue weighted by Crippen LogP contribution is -2.31. The molecule has 2 heterocycles. The molecule has 0 aromatic heterocycles. The van der Waals surface area contributed by atoms with Crippen molar-refractivity contribution < 1.29 is 18.3 Å². The molecule has 1 aromatic rings. The number of aryl methyl sites for hydroxylation is 1. The number of nitrogens with zero attached hydrogens (tertiary/aromatic N) is 1. The van der Waals surface area contributed by atoms with Crippen LogP contribution in [0.15, 0.2) is 34.9 Å². The van der Waals surface area contributed by atoms with Crippen LogP contribution in [0, 0.1) is 0 Å². The number of carbonyl (C=O) groups excluding carboxylic acids is 1. The van der Waals surface area contributed by atoms with Gasteiger partial charge in [-0.25, -0.2) is 8.42 Å². The monoisotopic (exact) mass is 293 g/mol. The third-order valence-corrected chi connectivity index (χ3v) is 5.07. The minimum atomic E-state index is -3.65. The lowest BCUT2D eigenvalue weighted by molar-refractivity contribution is -0.129. The molecule has 0 bridgehead atoms. The number of hydrogen-bond donors (Lipinski definition) is 1. The van der Waals surface area contributed by atoms with Gasteiger partial charge in [0, 0.05) is 12.8 Å². The van der Waals surface area contributed by atoms with Gasteiger partial charge in [-0.2, -0.15) is 0 Å². The molecule has 5 nitrogen and oxygen atoms in total. The van der Waals surface area contributed by atoms with Crippen LogP contribution in [0.4, 0.5) is 0 Å². The molecular weight excluding hydrogens is 278 g/mol. The number of hydrogen-bond acceptors (Lipinski definition) is 4. The first kappa shape index (κ1) is 13.2. The maximum Gasteiger partial charge on any atom is 0.290 e. The Balaban J connectivity index is 2.26. The predicted octanol–water partition coefficient (Wildman–Crippen LogP) is 1.33. The van der Waals surface area contributed by atoms with E-state index in [1.165, 1.54) is 4.90 Å². The van der Waals surface area contributed by atoms with Gasteiger partial charge in [0.05, 0.1) is 6.04 Å². The van der Waals surface area contributed by atoms with Gasteiger partial charge >= 0.3 is 0 Å². The van der Waals surface area contributed by atoms with E-state index in [2.05, 4.69) is 0 Å². The molecule has 20 heavy (non-hydrogen) atoms. The molecule has 106 valence electrons. The van der Waals surface area contributed by atoms with Gasteiger partial charge in [0.1, 0.15) is 4.91 Å². The van der Waals surface area contributed by atoms with Crippen molar-refractivity contribution >= 4 is 15.7 Å². The first-order valence-electron chi connectivity index (χ1n) is 6.43. The van der Waals surface area contributed by atoms with Crippen LogP contribution in [0.5, 0.6) is 0 Å². The van der Waals surface area contributed by atoms with E-state index >= 15 is 0 Å². The third-order valence-electron chi connectivity index (χ3n) is 3.85. The molecule has 1 atom stereocenters. The number of carbonyl (C=O) groups is 1. The van der Waals surface area contributed by atoms with Crippen LogP contribution in [0.3, 0.4) is 0 Å². The van der Waals surface area contributed by atoms with E-state index in [1.807, 2.05) is 24.3 Å². The van der Waals surface area contributed by atoms with Crippen molar-refractivity contribution in [3.05, 3.63) is 46.1 Å². The van der Waals surface area contributed by atoms with Crippen LogP contribution in [0.25, 0.3) is 0 Å².